The Bertz CT molecular complexity index is 13.5. The van der Waals surface area contributed by atoms with Crippen LogP contribution in [0.4, 0.5) is 0 Å². The molecular formula is H6AlCuSbTaTi2. The fraction of sp³-hybridized carbons (Fsp3) is 0. The molecule has 0 N–H and O–H groups in total. The van der Waals surface area contributed by atoms with Gasteiger partial charge in [0.25, 0.3) is 0 Å². The van der Waals surface area contributed by atoms with Gasteiger partial charge in [-0.2, -0.15) is 0 Å². The Morgan fingerprint density at radius 2 is 0.833 bits per heavy atom. The zero-order valence-electron chi connectivity index (χ0n) is 2.46. The van der Waals surface area contributed by atoms with E-state index in [0.717, 1.165) is 0 Å². The molecular weight excluding hydrogens is 489 g/mol. The summed E-state index contributed by atoms with van der Waals surface area (Å²) in [6.07, 6.45) is 0. The van der Waals surface area contributed by atoms with Crippen LogP contribution >= 0.6 is 0 Å². The first-order valence-corrected chi connectivity index (χ1v) is 0. The molecule has 0 heterocycles. The van der Waals surface area contributed by atoms with Crippen molar-refractivity contribution in [1.82, 2.24) is 0 Å². The van der Waals surface area contributed by atoms with Crippen molar-refractivity contribution < 1.29 is 82.9 Å². The van der Waals surface area contributed by atoms with Crippen LogP contribution in [-0.4, -0.2) is 41.8 Å². The first-order chi connectivity index (χ1) is 0. The molecule has 2 radical (unpaired) electrons. The Kier molecular flexibility index (Phi) is 300. The van der Waals surface area contributed by atoms with Crippen LogP contribution in [0.15, 0.2) is 0 Å². The monoisotopic (exact) mass is 494 g/mol. The van der Waals surface area contributed by atoms with E-state index >= 15 is 0 Å². The van der Waals surface area contributed by atoms with Crippen molar-refractivity contribution in [3.05, 3.63) is 0 Å². The second kappa shape index (κ2) is 35.8. The molecule has 0 aromatic heterocycles. The van der Waals surface area contributed by atoms with Crippen molar-refractivity contribution in [2.45, 2.75) is 0 Å². The number of hydrogen-bond acceptors (Lipinski definition) is 0. The maximum absolute atomic E-state index is 0. The number of rotatable bonds is 0. The minimum Gasteiger partial charge on any atom is 0 e. The van der Waals surface area contributed by atoms with Crippen LogP contribution in [0.1, 0.15) is 0 Å². The summed E-state index contributed by atoms with van der Waals surface area (Å²) in [7, 11) is 0. The summed E-state index contributed by atoms with van der Waals surface area (Å²) in [6.45, 7) is 0. The second-order valence-corrected chi connectivity index (χ2v) is 0. The minimum atomic E-state index is 0. The van der Waals surface area contributed by atoms with E-state index in [2.05, 4.69) is 0 Å². The smallest absolute Gasteiger partial charge is 0 e. The summed E-state index contributed by atoms with van der Waals surface area (Å²) in [5.74, 6) is 0. The van der Waals surface area contributed by atoms with Crippen LogP contribution in [0.25, 0.3) is 0 Å². The molecule has 38 valence electrons. The Labute approximate surface area is 122 Å². The predicted octanol–water partition coefficient (Wildman–Crippen LogP) is -2.38. The molecule has 0 amide bonds. The van der Waals surface area contributed by atoms with E-state index in [1.165, 1.54) is 0 Å². The molecule has 0 spiro atoms. The fourth-order valence-corrected chi connectivity index (χ4v) is 0. The molecule has 0 bridgehead atoms. The maximum Gasteiger partial charge on any atom is 0 e. The molecule has 0 atom stereocenters. The molecule has 0 saturated heterocycles. The van der Waals surface area contributed by atoms with Crippen molar-refractivity contribution in [3.63, 3.8) is 0 Å². The van der Waals surface area contributed by atoms with Gasteiger partial charge in [-0.15, -0.1) is 0 Å². The summed E-state index contributed by atoms with van der Waals surface area (Å²) >= 11 is 0. The zero-order valence-corrected chi connectivity index (χ0v) is 13.8. The summed E-state index contributed by atoms with van der Waals surface area (Å²) in [5, 5.41) is 0. The Morgan fingerprint density at radius 1 is 0.833 bits per heavy atom. The first-order valence-electron chi connectivity index (χ1n) is 0. The molecule has 0 fully saturated rings. The second-order valence-electron chi connectivity index (χ2n) is 0. The average molecular weight is 495 g/mol. The van der Waals surface area contributed by atoms with Gasteiger partial charge in [-0.3, -0.25) is 0 Å². The molecule has 0 saturated carbocycles. The minimum absolute atomic E-state index is 0. The SMILES string of the molecule is [AlH3].[Cu].[SbH3].[Ta].[Ti].[Ti]. The summed E-state index contributed by atoms with van der Waals surface area (Å²) in [6, 6.07) is 0. The van der Waals surface area contributed by atoms with Crippen molar-refractivity contribution in [3.8, 4) is 0 Å². The van der Waals surface area contributed by atoms with Crippen molar-refractivity contribution in [1.29, 1.82) is 0 Å². The molecule has 0 aliphatic carbocycles. The fourth-order valence-electron chi connectivity index (χ4n) is 0. The molecule has 0 aliphatic heterocycles. The largest absolute Gasteiger partial charge is 0 e. The zero-order chi connectivity index (χ0) is 0. The van der Waals surface area contributed by atoms with E-state index in [-0.39, 0.29) is 125 Å². The standard InChI is InChI=1S/Al.Cu.Sb.Ta.2Ti.6H. The maximum atomic E-state index is 0. The van der Waals surface area contributed by atoms with E-state index in [4.69, 9.17) is 0 Å². The topological polar surface area (TPSA) is 0 Å². The van der Waals surface area contributed by atoms with Gasteiger partial charge in [0.2, 0.25) is 0 Å². The normalized spacial score (nSPS) is 0. The van der Waals surface area contributed by atoms with Crippen molar-refractivity contribution in [2.24, 2.45) is 0 Å². The van der Waals surface area contributed by atoms with Crippen LogP contribution in [0.5, 0.6) is 0 Å². The van der Waals surface area contributed by atoms with E-state index in [1.54, 1.807) is 0 Å². The summed E-state index contributed by atoms with van der Waals surface area (Å²) in [4.78, 5) is 0. The molecule has 0 aliphatic rings. The summed E-state index contributed by atoms with van der Waals surface area (Å²) < 4.78 is 0. The third-order valence-electron chi connectivity index (χ3n) is 0. The van der Waals surface area contributed by atoms with E-state index in [0.29, 0.717) is 0 Å². The van der Waals surface area contributed by atoms with Gasteiger partial charge in [-0.1, -0.05) is 0 Å². The average Bonchev–Trinajstić information content (AvgIpc) is 0. The van der Waals surface area contributed by atoms with E-state index in [1.807, 2.05) is 0 Å². The van der Waals surface area contributed by atoms with Crippen LogP contribution in [0.2, 0.25) is 0 Å². The van der Waals surface area contributed by atoms with Crippen molar-refractivity contribution >= 4 is 41.8 Å². The molecule has 0 rings (SSSR count). The Morgan fingerprint density at radius 3 is 0.833 bits per heavy atom. The van der Waals surface area contributed by atoms with Gasteiger partial charge in [0.05, 0.1) is 0 Å². The van der Waals surface area contributed by atoms with Crippen LogP contribution in [-0.2, 0) is 82.9 Å². The van der Waals surface area contributed by atoms with Gasteiger partial charge >= 0.3 is 24.4 Å². The number of hydrogen-bond donors (Lipinski definition) is 0. The van der Waals surface area contributed by atoms with Gasteiger partial charge in [0.1, 0.15) is 0 Å². The van der Waals surface area contributed by atoms with Crippen molar-refractivity contribution in [2.75, 3.05) is 0 Å². The predicted molar refractivity (Wildman–Crippen MR) is 19.9 cm³/mol. The van der Waals surface area contributed by atoms with Gasteiger partial charge < -0.3 is 0 Å². The van der Waals surface area contributed by atoms with E-state index < -0.39 is 0 Å². The van der Waals surface area contributed by atoms with Crippen LogP contribution in [0, 0.1) is 0 Å². The van der Waals surface area contributed by atoms with Gasteiger partial charge in [0.15, 0.2) is 17.4 Å². The van der Waals surface area contributed by atoms with Gasteiger partial charge in [-0.05, 0) is 0 Å². The molecule has 0 aromatic carbocycles. The molecule has 0 nitrogen and oxygen atoms in total. The Balaban J connectivity index is 0. The molecule has 6 heavy (non-hydrogen) atoms. The van der Waals surface area contributed by atoms with Crippen LogP contribution in [0.3, 0.4) is 0 Å². The summed E-state index contributed by atoms with van der Waals surface area (Å²) in [5.41, 5.74) is 0. The Hall–Kier alpha value is 4.04. The van der Waals surface area contributed by atoms with Crippen LogP contribution < -0.4 is 0 Å². The van der Waals surface area contributed by atoms with Gasteiger partial charge in [-0.25, -0.2) is 0 Å². The quantitative estimate of drug-likeness (QED) is 0.330. The molecule has 0 aromatic rings. The van der Waals surface area contributed by atoms with E-state index in [9.17, 15) is 0 Å². The molecule has 6 heteroatoms. The third-order valence-corrected chi connectivity index (χ3v) is 0. The molecule has 0 unspecified atom stereocenters. The first kappa shape index (κ1) is 50.3. The van der Waals surface area contributed by atoms with Gasteiger partial charge in [0, 0.05) is 82.9 Å². The third kappa shape index (κ3) is 24.4.